The van der Waals surface area contributed by atoms with Crippen molar-refractivity contribution in [1.29, 1.82) is 0 Å². The molecule has 0 saturated heterocycles. The molecule has 3 aromatic carbocycles. The molecule has 0 aliphatic rings. The molecule has 7 nitrogen and oxygen atoms in total. The molecule has 0 aliphatic heterocycles. The van der Waals surface area contributed by atoms with Gasteiger partial charge in [-0.05, 0) is 59.2 Å². The summed E-state index contributed by atoms with van der Waals surface area (Å²) in [5.74, 6) is 0.602. The summed E-state index contributed by atoms with van der Waals surface area (Å²) in [6, 6.07) is 44.6. The third-order valence-electron chi connectivity index (χ3n) is 8.51. The molecule has 0 bridgehead atoms. The smallest absolute Gasteiger partial charge is 0.229 e. The Balaban J connectivity index is 1.17. The van der Waals surface area contributed by atoms with E-state index in [-0.39, 0.29) is 0 Å². The van der Waals surface area contributed by atoms with Gasteiger partial charge in [-0.25, -0.2) is 19.9 Å². The van der Waals surface area contributed by atoms with Crippen LogP contribution in [0, 0.1) is 0 Å². The van der Waals surface area contributed by atoms with E-state index in [0.29, 0.717) is 17.1 Å². The van der Waals surface area contributed by atoms with Crippen LogP contribution in [-0.2, 0) is 0 Å². The fraction of sp³-hybridized carbons (Fsp3) is 0. The monoisotopic (exact) mass is 630 g/mol. The molecule has 6 aromatic heterocycles. The van der Waals surface area contributed by atoms with Crippen LogP contribution in [0.3, 0.4) is 0 Å². The molecule has 0 saturated carbocycles. The second-order valence-corrected chi connectivity index (χ2v) is 11.6. The van der Waals surface area contributed by atoms with E-state index in [1.165, 1.54) is 0 Å². The molecule has 0 atom stereocenters. The third kappa shape index (κ3) is 5.39. The first-order chi connectivity index (χ1) is 24.3. The Morgan fingerprint density at radius 2 is 1.14 bits per heavy atom. The lowest BCUT2D eigenvalue weighted by Gasteiger charge is -2.10. The van der Waals surface area contributed by atoms with Crippen LogP contribution in [0.1, 0.15) is 0 Å². The number of fused-ring (bicyclic) bond motifs is 3. The molecule has 9 rings (SSSR count). The summed E-state index contributed by atoms with van der Waals surface area (Å²) in [6.07, 6.45) is 7.21. The van der Waals surface area contributed by atoms with Gasteiger partial charge >= 0.3 is 0 Å². The number of benzene rings is 3. The highest BCUT2D eigenvalue weighted by atomic mass is 16.3. The minimum Gasteiger partial charge on any atom is -0.434 e. The number of nitrogens with zero attached hydrogens (tertiary/aromatic N) is 6. The van der Waals surface area contributed by atoms with Gasteiger partial charge in [0, 0.05) is 47.0 Å². The van der Waals surface area contributed by atoms with Gasteiger partial charge in [-0.1, -0.05) is 91.0 Å². The molecular weight excluding hydrogens is 605 g/mol. The van der Waals surface area contributed by atoms with Crippen LogP contribution in [0.15, 0.2) is 163 Å². The molecule has 0 N–H and O–H groups in total. The van der Waals surface area contributed by atoms with Crippen LogP contribution in [0.2, 0.25) is 0 Å². The highest BCUT2D eigenvalue weighted by Gasteiger charge is 2.20. The Labute approximate surface area is 281 Å². The van der Waals surface area contributed by atoms with Gasteiger partial charge in [0.2, 0.25) is 5.71 Å². The van der Waals surface area contributed by atoms with Crippen LogP contribution in [0.4, 0.5) is 0 Å². The first-order valence-corrected chi connectivity index (χ1v) is 15.9. The number of pyridine rings is 4. The summed E-state index contributed by atoms with van der Waals surface area (Å²) in [7, 11) is 0. The van der Waals surface area contributed by atoms with Crippen molar-refractivity contribution in [1.82, 2.24) is 29.9 Å². The van der Waals surface area contributed by atoms with Gasteiger partial charge in [-0.2, -0.15) is 0 Å². The SMILES string of the molecule is c1ccc(-c2cnc3oc4c(-c5ccccc5)nc(-c5ccc(-c6cc(-c7cccnc7)nc(-c7ccccn7)c6)cc5)nc4c3c2)cc1. The minimum absolute atomic E-state index is 0.527. The van der Waals surface area contributed by atoms with E-state index in [9.17, 15) is 0 Å². The topological polar surface area (TPSA) is 90.5 Å². The van der Waals surface area contributed by atoms with Crippen LogP contribution in [0.25, 0.3) is 89.7 Å². The lowest BCUT2D eigenvalue weighted by molar-refractivity contribution is 0.653. The molecule has 0 aliphatic carbocycles. The van der Waals surface area contributed by atoms with Gasteiger partial charge in [0.05, 0.1) is 22.5 Å². The van der Waals surface area contributed by atoms with E-state index in [2.05, 4.69) is 69.5 Å². The lowest BCUT2D eigenvalue weighted by Crippen LogP contribution is -1.95. The van der Waals surface area contributed by atoms with E-state index in [0.717, 1.165) is 72.6 Å². The maximum atomic E-state index is 6.34. The fourth-order valence-corrected chi connectivity index (χ4v) is 6.06. The van der Waals surface area contributed by atoms with E-state index in [1.807, 2.05) is 91.3 Å². The third-order valence-corrected chi connectivity index (χ3v) is 8.51. The first kappa shape index (κ1) is 28.4. The summed E-state index contributed by atoms with van der Waals surface area (Å²) in [6.45, 7) is 0. The van der Waals surface area contributed by atoms with Crippen LogP contribution in [0.5, 0.6) is 0 Å². The van der Waals surface area contributed by atoms with E-state index in [4.69, 9.17) is 19.4 Å². The van der Waals surface area contributed by atoms with Gasteiger partial charge in [-0.15, -0.1) is 0 Å². The Morgan fingerprint density at radius 3 is 1.90 bits per heavy atom. The fourth-order valence-electron chi connectivity index (χ4n) is 6.06. The average molecular weight is 631 g/mol. The Hall–Kier alpha value is -6.86. The molecule has 49 heavy (non-hydrogen) atoms. The Bertz CT molecular complexity index is 2510. The number of hydrogen-bond donors (Lipinski definition) is 0. The van der Waals surface area contributed by atoms with Crippen molar-refractivity contribution in [3.8, 4) is 67.5 Å². The predicted octanol–water partition coefficient (Wildman–Crippen LogP) is 9.96. The first-order valence-electron chi connectivity index (χ1n) is 15.9. The predicted molar refractivity (Wildman–Crippen MR) is 193 cm³/mol. The van der Waals surface area contributed by atoms with E-state index < -0.39 is 0 Å². The van der Waals surface area contributed by atoms with Crippen molar-refractivity contribution in [2.24, 2.45) is 0 Å². The minimum atomic E-state index is 0.527. The molecule has 230 valence electrons. The normalized spacial score (nSPS) is 11.3. The van der Waals surface area contributed by atoms with Gasteiger partial charge in [-0.3, -0.25) is 9.97 Å². The van der Waals surface area contributed by atoms with Crippen molar-refractivity contribution in [2.45, 2.75) is 0 Å². The molecule has 0 amide bonds. The van der Waals surface area contributed by atoms with Crippen molar-refractivity contribution in [3.05, 3.63) is 158 Å². The summed E-state index contributed by atoms with van der Waals surface area (Å²) in [5, 5.41) is 0.843. The largest absolute Gasteiger partial charge is 0.434 e. The zero-order chi connectivity index (χ0) is 32.6. The molecule has 9 aromatic rings. The van der Waals surface area contributed by atoms with Crippen molar-refractivity contribution in [3.63, 3.8) is 0 Å². The zero-order valence-electron chi connectivity index (χ0n) is 26.1. The average Bonchev–Trinajstić information content (AvgIpc) is 3.57. The quantitative estimate of drug-likeness (QED) is 0.181. The number of rotatable bonds is 6. The Kier molecular flexibility index (Phi) is 6.98. The summed E-state index contributed by atoms with van der Waals surface area (Å²) in [4.78, 5) is 28.7. The molecule has 0 spiro atoms. The van der Waals surface area contributed by atoms with Gasteiger partial charge in [0.1, 0.15) is 11.2 Å². The highest BCUT2D eigenvalue weighted by Crippen LogP contribution is 2.37. The van der Waals surface area contributed by atoms with Crippen LogP contribution in [-0.4, -0.2) is 29.9 Å². The standard InChI is InChI=1S/C42H26N6O/c1-3-10-27(11-4-1)33-22-34-39-40(49-42(34)45-26-33)38(29-12-5-2-6-13-29)47-41(48-39)30-18-16-28(17-19-30)32-23-36(31-14-9-20-43-25-31)46-37(24-32)35-15-7-8-21-44-35/h1-26H. The number of hydrogen-bond acceptors (Lipinski definition) is 7. The molecular formula is C42H26N6O. The van der Waals surface area contributed by atoms with Crippen LogP contribution >= 0.6 is 0 Å². The molecule has 6 heterocycles. The zero-order valence-corrected chi connectivity index (χ0v) is 26.1. The van der Waals surface area contributed by atoms with E-state index >= 15 is 0 Å². The second kappa shape index (κ2) is 12.1. The van der Waals surface area contributed by atoms with Gasteiger partial charge in [0.15, 0.2) is 11.4 Å². The molecule has 0 fully saturated rings. The number of aromatic nitrogens is 6. The van der Waals surface area contributed by atoms with Gasteiger partial charge in [0.25, 0.3) is 0 Å². The van der Waals surface area contributed by atoms with Crippen molar-refractivity contribution >= 4 is 22.2 Å². The molecule has 0 radical (unpaired) electrons. The maximum Gasteiger partial charge on any atom is 0.229 e. The van der Waals surface area contributed by atoms with Gasteiger partial charge < -0.3 is 4.42 Å². The number of furan rings is 1. The Morgan fingerprint density at radius 1 is 0.429 bits per heavy atom. The second-order valence-electron chi connectivity index (χ2n) is 11.6. The molecule has 7 heteroatoms. The summed E-state index contributed by atoms with van der Waals surface area (Å²) >= 11 is 0. The maximum absolute atomic E-state index is 6.34. The highest BCUT2D eigenvalue weighted by molar-refractivity contribution is 6.07. The van der Waals surface area contributed by atoms with E-state index in [1.54, 1.807) is 12.4 Å². The van der Waals surface area contributed by atoms with Crippen LogP contribution < -0.4 is 0 Å². The summed E-state index contributed by atoms with van der Waals surface area (Å²) < 4.78 is 6.34. The lowest BCUT2D eigenvalue weighted by atomic mass is 10.0. The van der Waals surface area contributed by atoms with Crippen molar-refractivity contribution < 1.29 is 4.42 Å². The van der Waals surface area contributed by atoms with Crippen molar-refractivity contribution in [2.75, 3.05) is 0 Å². The molecule has 0 unspecified atom stereocenters. The summed E-state index contributed by atoms with van der Waals surface area (Å²) in [5.41, 5.74) is 11.9.